The molecule has 7 unspecified atom stereocenters. The zero-order valence-electron chi connectivity index (χ0n) is 32.1. The topological polar surface area (TPSA) is 219 Å². The molecule has 0 aromatic rings. The average Bonchev–Trinajstić information content (AvgIpc) is 3.07. The number of aliphatic hydroxyl groups excluding tert-OH is 7. The van der Waals surface area contributed by atoms with Gasteiger partial charge in [0.05, 0.1) is 63.6 Å². The van der Waals surface area contributed by atoms with E-state index in [1.165, 1.54) is 6.92 Å². The molecule has 48 heavy (non-hydrogen) atoms. The summed E-state index contributed by atoms with van der Waals surface area (Å²) >= 11 is 0. The van der Waals surface area contributed by atoms with Crippen LogP contribution in [0.5, 0.6) is 0 Å². The summed E-state index contributed by atoms with van der Waals surface area (Å²) in [4.78, 5) is 0. The van der Waals surface area contributed by atoms with Crippen molar-refractivity contribution in [1.29, 1.82) is 0 Å². The third kappa shape index (κ3) is 31.5. The van der Waals surface area contributed by atoms with Gasteiger partial charge in [-0.25, -0.2) is 0 Å². The fourth-order valence-electron chi connectivity index (χ4n) is 3.89. The molecule has 0 saturated heterocycles. The van der Waals surface area contributed by atoms with Crippen molar-refractivity contribution in [3.05, 3.63) is 0 Å². The van der Waals surface area contributed by atoms with E-state index >= 15 is 0 Å². The third-order valence-electron chi connectivity index (χ3n) is 7.42. The Bertz CT molecular complexity index is 636. The summed E-state index contributed by atoms with van der Waals surface area (Å²) in [6.07, 6.45) is 2.96. The lowest BCUT2D eigenvalue weighted by atomic mass is 9.77. The monoisotopic (exact) mass is 707 g/mol. The molecule has 13 heteroatoms. The van der Waals surface area contributed by atoms with Crippen molar-refractivity contribution in [3.8, 4) is 0 Å². The van der Waals surface area contributed by atoms with Crippen LogP contribution in [-0.4, -0.2) is 155 Å². The molecule has 296 valence electrons. The molecule has 1 rings (SSSR count). The van der Waals surface area contributed by atoms with Crippen molar-refractivity contribution >= 4 is 0 Å². The molecule has 1 fully saturated rings. The molecule has 0 aromatic carbocycles. The van der Waals surface area contributed by atoms with E-state index < -0.39 is 28.8 Å². The molecule has 1 aliphatic carbocycles. The predicted octanol–water partition coefficient (Wildman–Crippen LogP) is 1.89. The van der Waals surface area contributed by atoms with E-state index in [-0.39, 0.29) is 51.0 Å². The van der Waals surface area contributed by atoms with Gasteiger partial charge in [-0.15, -0.1) is 0 Å². The van der Waals surface area contributed by atoms with E-state index in [9.17, 15) is 15.3 Å². The molecule has 9 N–H and O–H groups in total. The van der Waals surface area contributed by atoms with Crippen molar-refractivity contribution in [2.75, 3.05) is 79.3 Å². The van der Waals surface area contributed by atoms with Crippen LogP contribution in [0.4, 0.5) is 0 Å². The maximum atomic E-state index is 9.68. The highest BCUT2D eigenvalue weighted by atomic mass is 16.5. The molecule has 0 radical (unpaired) electrons. The zero-order valence-corrected chi connectivity index (χ0v) is 32.1. The molecule has 13 nitrogen and oxygen atoms in total. The molecule has 7 atom stereocenters. The van der Waals surface area contributed by atoms with Crippen molar-refractivity contribution in [2.45, 2.75) is 131 Å². The summed E-state index contributed by atoms with van der Waals surface area (Å²) < 4.78 is 20.5. The Balaban J connectivity index is -0.000000259. The van der Waals surface area contributed by atoms with Crippen LogP contribution in [0.1, 0.15) is 101 Å². The number of ether oxygens (including phenoxy) is 4. The van der Waals surface area contributed by atoms with Gasteiger partial charge in [-0.05, 0) is 73.1 Å². The van der Waals surface area contributed by atoms with Gasteiger partial charge < -0.3 is 64.9 Å². The minimum absolute atomic E-state index is 0.0335. The molecule has 0 bridgehead atoms. The van der Waals surface area contributed by atoms with E-state index in [1.54, 1.807) is 13.8 Å². The summed E-state index contributed by atoms with van der Waals surface area (Å²) in [5.41, 5.74) is -2.33. The zero-order chi connectivity index (χ0) is 38.2. The van der Waals surface area contributed by atoms with Crippen molar-refractivity contribution < 1.29 is 64.9 Å². The number of hydrogen-bond donors (Lipinski definition) is 9. The van der Waals surface area contributed by atoms with Gasteiger partial charge in [0.1, 0.15) is 5.60 Å². The second-order valence-corrected chi connectivity index (χ2v) is 13.1. The fraction of sp³-hybridized carbons (Fsp3) is 1.00. The summed E-state index contributed by atoms with van der Waals surface area (Å²) in [6.45, 7) is 22.1. The van der Waals surface area contributed by atoms with Gasteiger partial charge in [-0.1, -0.05) is 34.1 Å². The van der Waals surface area contributed by atoms with Gasteiger partial charge in [-0.3, -0.25) is 0 Å². The van der Waals surface area contributed by atoms with E-state index in [2.05, 4.69) is 6.92 Å². The minimum atomic E-state index is -1.07. The quantitative estimate of drug-likeness (QED) is 0.0939. The highest BCUT2D eigenvalue weighted by molar-refractivity contribution is 4.89. The van der Waals surface area contributed by atoms with E-state index in [4.69, 9.17) is 49.6 Å². The smallest absolute Gasteiger partial charge is 0.108 e. The Morgan fingerprint density at radius 1 is 0.604 bits per heavy atom. The van der Waals surface area contributed by atoms with Crippen LogP contribution in [0.2, 0.25) is 0 Å². The number of rotatable bonds is 19. The van der Waals surface area contributed by atoms with Crippen molar-refractivity contribution in [3.63, 3.8) is 0 Å². The predicted molar refractivity (Wildman–Crippen MR) is 189 cm³/mol. The Morgan fingerprint density at radius 2 is 1.06 bits per heavy atom. The fourth-order valence-corrected chi connectivity index (χ4v) is 3.89. The van der Waals surface area contributed by atoms with Gasteiger partial charge in [0, 0.05) is 51.0 Å². The van der Waals surface area contributed by atoms with Crippen molar-refractivity contribution in [2.24, 2.45) is 17.3 Å². The number of hydrogen-bond acceptors (Lipinski definition) is 13. The lowest BCUT2D eigenvalue weighted by Gasteiger charge is -2.39. The second kappa shape index (κ2) is 33.6. The highest BCUT2D eigenvalue weighted by Crippen LogP contribution is 2.31. The molecular weight excluding hydrogens is 628 g/mol. The first-order valence-corrected chi connectivity index (χ1v) is 17.6. The van der Waals surface area contributed by atoms with Crippen LogP contribution in [0, 0.1) is 17.3 Å². The van der Waals surface area contributed by atoms with E-state index in [0.29, 0.717) is 59.1 Å². The minimum Gasteiger partial charge on any atom is -0.396 e. The number of aliphatic hydroxyl groups is 9. The van der Waals surface area contributed by atoms with Crippen LogP contribution < -0.4 is 0 Å². The molecule has 0 aliphatic heterocycles. The Kier molecular flexibility index (Phi) is 38.0. The first kappa shape index (κ1) is 54.3. The van der Waals surface area contributed by atoms with Crippen LogP contribution in [0.25, 0.3) is 0 Å². The van der Waals surface area contributed by atoms with Gasteiger partial charge in [-0.2, -0.15) is 0 Å². The molecule has 0 spiro atoms. The maximum Gasteiger partial charge on any atom is 0.108 e. The van der Waals surface area contributed by atoms with Gasteiger partial charge in [0.2, 0.25) is 0 Å². The standard InChI is InChI=1S/C10H20O3.C8H18O3.C7H16O3.C6H14O3.C4H10O/c1-4-13-8-5-6(2)9(11)10(12)7(8)3;1-3-11-7-8(2,10)5-4-6-9;1-3-10-6-7(2,4-8)5-9;1-3-9-5-6(2,8)4-7;1-2-3-4-5/h6-12H,4-5H2,1-3H3;9-10H,3-7H2,1-2H3;8-9H,3-6H2,1-2H3;7-8H,3-5H2,1-2H3;5H,2-4H2,1H3. The lowest BCUT2D eigenvalue weighted by molar-refractivity contribution is -0.131. The molecule has 0 heterocycles. The van der Waals surface area contributed by atoms with Gasteiger partial charge in [0.25, 0.3) is 0 Å². The Morgan fingerprint density at radius 3 is 1.42 bits per heavy atom. The van der Waals surface area contributed by atoms with Gasteiger partial charge in [0.15, 0.2) is 0 Å². The second-order valence-electron chi connectivity index (χ2n) is 13.1. The normalized spacial score (nSPS) is 22.9. The van der Waals surface area contributed by atoms with Crippen molar-refractivity contribution in [1.82, 2.24) is 0 Å². The molecule has 1 saturated carbocycles. The highest BCUT2D eigenvalue weighted by Gasteiger charge is 2.39. The molecular formula is C35H78O13. The summed E-state index contributed by atoms with van der Waals surface area (Å²) in [5, 5.41) is 80.5. The molecule has 0 aromatic heterocycles. The van der Waals surface area contributed by atoms with Crippen LogP contribution in [0.3, 0.4) is 0 Å². The first-order valence-electron chi connectivity index (χ1n) is 17.6. The van der Waals surface area contributed by atoms with Crippen LogP contribution in [-0.2, 0) is 18.9 Å². The van der Waals surface area contributed by atoms with Crippen LogP contribution >= 0.6 is 0 Å². The SMILES string of the molecule is CCCCO.CCOC1CC(C)C(O)C(O)C1C.CCOCC(C)(CO)CO.CCOCC(C)(O)CCCO.CCOCC(C)(O)CO. The van der Waals surface area contributed by atoms with Crippen LogP contribution in [0.15, 0.2) is 0 Å². The largest absolute Gasteiger partial charge is 0.396 e. The Labute approximate surface area is 292 Å². The average molecular weight is 707 g/mol. The number of unbranched alkanes of at least 4 members (excludes halogenated alkanes) is 1. The van der Waals surface area contributed by atoms with E-state index in [1.807, 2.05) is 41.5 Å². The summed E-state index contributed by atoms with van der Waals surface area (Å²) in [7, 11) is 0. The van der Waals surface area contributed by atoms with E-state index in [0.717, 1.165) is 19.3 Å². The molecule has 0 amide bonds. The summed E-state index contributed by atoms with van der Waals surface area (Å²) in [5.74, 6) is 0.161. The third-order valence-corrected chi connectivity index (χ3v) is 7.42. The summed E-state index contributed by atoms with van der Waals surface area (Å²) in [6, 6.07) is 0. The maximum absolute atomic E-state index is 9.68. The first-order chi connectivity index (χ1) is 22.4. The Hall–Kier alpha value is -0.520. The molecule has 1 aliphatic rings. The lowest BCUT2D eigenvalue weighted by Crippen LogP contribution is -2.48. The van der Waals surface area contributed by atoms with Gasteiger partial charge >= 0.3 is 0 Å².